The van der Waals surface area contributed by atoms with Gasteiger partial charge in [0, 0.05) is 0 Å². The number of sulfone groups is 1. The minimum Gasteiger partial charge on any atom is -0.288 e. The van der Waals surface area contributed by atoms with Crippen LogP contribution in [0.2, 0.25) is 0 Å². The van der Waals surface area contributed by atoms with Crippen molar-refractivity contribution in [1.82, 2.24) is 0 Å². The van der Waals surface area contributed by atoms with Crippen LogP contribution in [0.15, 0.2) is 85.9 Å². The Hall–Kier alpha value is -2.84. The lowest BCUT2D eigenvalue weighted by Gasteiger charge is -2.10. The second-order valence-electron chi connectivity index (χ2n) is 6.33. The van der Waals surface area contributed by atoms with Gasteiger partial charge in [0.1, 0.15) is 4.91 Å². The van der Waals surface area contributed by atoms with Crippen molar-refractivity contribution >= 4 is 31.4 Å². The van der Waals surface area contributed by atoms with Crippen LogP contribution in [0.4, 0.5) is 0 Å². The van der Waals surface area contributed by atoms with Crippen LogP contribution in [0.3, 0.4) is 0 Å². The molecule has 0 radical (unpaired) electrons. The lowest BCUT2D eigenvalue weighted by atomic mass is 10.2. The van der Waals surface area contributed by atoms with Gasteiger partial charge >= 0.3 is 0 Å². The Balaban J connectivity index is 2.04. The standard InChI is InChI=1S/C20H17NO5S2/c1-14-3-8-17(9-4-14)27(23,24)20-13-16(7-12-19(20)22)21-28(25,26)18-10-5-15(2)6-11-18/h3-13H,1-2H3/b21-16+. The summed E-state index contributed by atoms with van der Waals surface area (Å²) >= 11 is 0. The molecule has 144 valence electrons. The molecule has 28 heavy (non-hydrogen) atoms. The Bertz CT molecular complexity index is 1230. The molecule has 0 spiro atoms. The van der Waals surface area contributed by atoms with Gasteiger partial charge in [-0.3, -0.25) is 4.79 Å². The van der Waals surface area contributed by atoms with E-state index in [1.54, 1.807) is 24.3 Å². The molecule has 2 aromatic rings. The number of carbonyl (C=O) groups excluding carboxylic acids is 1. The number of allylic oxidation sites excluding steroid dienone is 4. The summed E-state index contributed by atoms with van der Waals surface area (Å²) in [6.07, 6.45) is 3.18. The zero-order valence-electron chi connectivity index (χ0n) is 15.2. The van der Waals surface area contributed by atoms with E-state index in [4.69, 9.17) is 0 Å². The summed E-state index contributed by atoms with van der Waals surface area (Å²) in [5, 5.41) is 0. The molecule has 1 aliphatic carbocycles. The van der Waals surface area contributed by atoms with E-state index in [0.29, 0.717) is 0 Å². The number of benzene rings is 2. The van der Waals surface area contributed by atoms with Crippen molar-refractivity contribution in [1.29, 1.82) is 0 Å². The second kappa shape index (κ2) is 7.29. The summed E-state index contributed by atoms with van der Waals surface area (Å²) in [6, 6.07) is 12.1. The van der Waals surface area contributed by atoms with Gasteiger partial charge in [0.2, 0.25) is 9.84 Å². The zero-order chi connectivity index (χ0) is 20.5. The molecule has 1 aliphatic rings. The first kappa shape index (κ1) is 19.9. The summed E-state index contributed by atoms with van der Waals surface area (Å²) < 4.78 is 54.2. The summed E-state index contributed by atoms with van der Waals surface area (Å²) in [4.78, 5) is 11.6. The van der Waals surface area contributed by atoms with Crippen molar-refractivity contribution in [3.63, 3.8) is 0 Å². The maximum Gasteiger partial charge on any atom is 0.282 e. The van der Waals surface area contributed by atoms with E-state index in [2.05, 4.69) is 4.40 Å². The van der Waals surface area contributed by atoms with Gasteiger partial charge in [0.25, 0.3) is 10.0 Å². The Morgan fingerprint density at radius 3 is 1.75 bits per heavy atom. The van der Waals surface area contributed by atoms with Gasteiger partial charge < -0.3 is 0 Å². The van der Waals surface area contributed by atoms with E-state index < -0.39 is 30.5 Å². The summed E-state index contributed by atoms with van der Waals surface area (Å²) in [5.41, 5.74) is 1.63. The van der Waals surface area contributed by atoms with Crippen molar-refractivity contribution in [3.05, 3.63) is 82.8 Å². The second-order valence-corrected chi connectivity index (χ2v) is 9.85. The van der Waals surface area contributed by atoms with Gasteiger partial charge in [-0.15, -0.1) is 0 Å². The van der Waals surface area contributed by atoms with Crippen LogP contribution in [0, 0.1) is 13.8 Å². The predicted molar refractivity (Wildman–Crippen MR) is 106 cm³/mol. The molecule has 6 nitrogen and oxygen atoms in total. The molecular formula is C20H17NO5S2. The zero-order valence-corrected chi connectivity index (χ0v) is 16.8. The molecule has 0 heterocycles. The van der Waals surface area contributed by atoms with Gasteiger partial charge in [0.15, 0.2) is 5.78 Å². The Labute approximate surface area is 163 Å². The van der Waals surface area contributed by atoms with Gasteiger partial charge in [-0.25, -0.2) is 8.42 Å². The van der Waals surface area contributed by atoms with Crippen LogP contribution in [-0.4, -0.2) is 28.3 Å². The molecule has 0 N–H and O–H groups in total. The Morgan fingerprint density at radius 2 is 1.21 bits per heavy atom. The van der Waals surface area contributed by atoms with Crippen LogP contribution >= 0.6 is 0 Å². The van der Waals surface area contributed by atoms with Gasteiger partial charge in [0.05, 0.1) is 15.5 Å². The van der Waals surface area contributed by atoms with Crippen LogP contribution in [-0.2, 0) is 24.7 Å². The molecule has 2 aromatic carbocycles. The summed E-state index contributed by atoms with van der Waals surface area (Å²) in [6.45, 7) is 3.63. The van der Waals surface area contributed by atoms with E-state index >= 15 is 0 Å². The monoisotopic (exact) mass is 415 g/mol. The van der Waals surface area contributed by atoms with Gasteiger partial charge in [-0.2, -0.15) is 12.8 Å². The fourth-order valence-corrected chi connectivity index (χ4v) is 4.84. The average molecular weight is 415 g/mol. The molecule has 0 saturated heterocycles. The predicted octanol–water partition coefficient (Wildman–Crippen LogP) is 2.93. The fraction of sp³-hybridized carbons (Fsp3) is 0.100. The van der Waals surface area contributed by atoms with Crippen LogP contribution in [0.1, 0.15) is 11.1 Å². The van der Waals surface area contributed by atoms with Crippen molar-refractivity contribution in [2.24, 2.45) is 4.40 Å². The quantitative estimate of drug-likeness (QED) is 0.715. The first-order chi connectivity index (χ1) is 13.1. The third kappa shape index (κ3) is 4.02. The number of carbonyl (C=O) groups is 1. The SMILES string of the molecule is Cc1ccc(S(=O)(=O)/N=C2\C=CC(=O)C(S(=O)(=O)c3ccc(C)cc3)=C2)cc1. The van der Waals surface area contributed by atoms with E-state index in [0.717, 1.165) is 23.3 Å². The molecule has 0 atom stereocenters. The lowest BCUT2D eigenvalue weighted by molar-refractivity contribution is -0.110. The molecule has 0 aromatic heterocycles. The first-order valence-corrected chi connectivity index (χ1v) is 11.2. The summed E-state index contributed by atoms with van der Waals surface area (Å²) in [5.74, 6) is -0.729. The lowest BCUT2D eigenvalue weighted by Crippen LogP contribution is -2.17. The van der Waals surface area contributed by atoms with E-state index in [1.807, 2.05) is 13.8 Å². The molecule has 0 bridgehead atoms. The van der Waals surface area contributed by atoms with Gasteiger partial charge in [-0.05, 0) is 56.3 Å². The molecule has 0 amide bonds. The molecule has 0 aliphatic heterocycles. The van der Waals surface area contributed by atoms with Gasteiger partial charge in [-0.1, -0.05) is 35.4 Å². The van der Waals surface area contributed by atoms with Crippen LogP contribution in [0.25, 0.3) is 0 Å². The largest absolute Gasteiger partial charge is 0.288 e. The first-order valence-electron chi connectivity index (χ1n) is 8.27. The van der Waals surface area contributed by atoms with E-state index in [-0.39, 0.29) is 15.5 Å². The van der Waals surface area contributed by atoms with Crippen LogP contribution < -0.4 is 0 Å². The minimum absolute atomic E-state index is 0.0211. The number of hydrogen-bond acceptors (Lipinski definition) is 5. The number of aryl methyl sites for hydroxylation is 2. The molecule has 3 rings (SSSR count). The number of sulfonamides is 1. The number of nitrogens with zero attached hydrogens (tertiary/aromatic N) is 1. The molecule has 8 heteroatoms. The van der Waals surface area contributed by atoms with E-state index in [1.165, 1.54) is 30.3 Å². The highest BCUT2D eigenvalue weighted by Gasteiger charge is 2.28. The third-order valence-corrected chi connectivity index (χ3v) is 7.20. The maximum atomic E-state index is 12.8. The normalized spacial score (nSPS) is 16.3. The maximum absolute atomic E-state index is 12.8. The summed E-state index contributed by atoms with van der Waals surface area (Å²) in [7, 11) is -8.15. The average Bonchev–Trinajstić information content (AvgIpc) is 2.64. The van der Waals surface area contributed by atoms with Crippen molar-refractivity contribution < 1.29 is 21.6 Å². The molecular weight excluding hydrogens is 398 g/mol. The molecule has 0 saturated carbocycles. The highest BCUT2D eigenvalue weighted by Crippen LogP contribution is 2.24. The van der Waals surface area contributed by atoms with Crippen molar-refractivity contribution in [2.45, 2.75) is 23.6 Å². The number of hydrogen-bond donors (Lipinski definition) is 0. The minimum atomic E-state index is -4.10. The Morgan fingerprint density at radius 1 is 0.714 bits per heavy atom. The number of ketones is 1. The van der Waals surface area contributed by atoms with Crippen LogP contribution in [0.5, 0.6) is 0 Å². The highest BCUT2D eigenvalue weighted by atomic mass is 32.2. The third-order valence-electron chi connectivity index (χ3n) is 4.09. The highest BCUT2D eigenvalue weighted by molar-refractivity contribution is 7.96. The molecule has 0 fully saturated rings. The van der Waals surface area contributed by atoms with E-state index in [9.17, 15) is 21.6 Å². The number of rotatable bonds is 4. The fourth-order valence-electron chi connectivity index (χ4n) is 2.51. The molecule has 0 unspecified atom stereocenters. The Kier molecular flexibility index (Phi) is 5.18. The van der Waals surface area contributed by atoms with Crippen molar-refractivity contribution in [2.75, 3.05) is 0 Å². The smallest absolute Gasteiger partial charge is 0.282 e. The topological polar surface area (TPSA) is 97.7 Å². The van der Waals surface area contributed by atoms with Crippen molar-refractivity contribution in [3.8, 4) is 0 Å².